The molecule has 0 N–H and O–H groups in total. The molecule has 0 amide bonds. The lowest BCUT2D eigenvalue weighted by molar-refractivity contribution is 1.02. The minimum Gasteiger partial charge on any atom is -0.113 e. The van der Waals surface area contributed by atoms with Crippen molar-refractivity contribution in [1.29, 1.82) is 0 Å². The number of alkyl halides is 1. The topological polar surface area (TPSA) is 0 Å². The molecule has 0 aliphatic heterocycles. The minimum absolute atomic E-state index is 0.0852. The van der Waals surface area contributed by atoms with E-state index in [1.807, 2.05) is 0 Å². The van der Waals surface area contributed by atoms with E-state index in [4.69, 9.17) is 11.6 Å². The summed E-state index contributed by atoms with van der Waals surface area (Å²) in [5.41, 5.74) is 6.38. The van der Waals surface area contributed by atoms with Crippen LogP contribution < -0.4 is 0 Å². The highest BCUT2D eigenvalue weighted by Crippen LogP contribution is 2.32. The van der Waals surface area contributed by atoms with Crippen molar-refractivity contribution in [2.24, 2.45) is 0 Å². The number of hydrogen-bond donors (Lipinski definition) is 0. The van der Waals surface area contributed by atoms with Crippen molar-refractivity contribution < 1.29 is 0 Å². The Bertz CT molecular complexity index is 604. The van der Waals surface area contributed by atoms with Crippen molar-refractivity contribution in [2.45, 2.75) is 39.0 Å². The fourth-order valence-corrected chi connectivity index (χ4v) is 3.01. The molecule has 0 aliphatic carbocycles. The second-order valence-corrected chi connectivity index (χ2v) is 6.40. The van der Waals surface area contributed by atoms with Gasteiger partial charge in [0, 0.05) is 4.47 Å². The number of halogens is 2. The van der Waals surface area contributed by atoms with Gasteiger partial charge in [-0.2, -0.15) is 0 Å². The highest BCUT2D eigenvalue weighted by atomic mass is 79.9. The summed E-state index contributed by atoms with van der Waals surface area (Å²) in [6.45, 7) is 6.49. The first-order chi connectivity index (χ1) is 9.56. The van der Waals surface area contributed by atoms with Crippen LogP contribution in [0.25, 0.3) is 0 Å². The Kier molecular flexibility index (Phi) is 5.29. The Morgan fingerprint density at radius 3 is 2.15 bits per heavy atom. The van der Waals surface area contributed by atoms with Crippen molar-refractivity contribution in [3.63, 3.8) is 0 Å². The molecule has 1 atom stereocenters. The van der Waals surface area contributed by atoms with Gasteiger partial charge < -0.3 is 0 Å². The second kappa shape index (κ2) is 6.78. The predicted molar refractivity (Wildman–Crippen MR) is 91.8 cm³/mol. The summed E-state index contributed by atoms with van der Waals surface area (Å²) in [4.78, 5) is 0. The zero-order chi connectivity index (χ0) is 14.7. The summed E-state index contributed by atoms with van der Waals surface area (Å²) in [7, 11) is 0. The van der Waals surface area contributed by atoms with Crippen molar-refractivity contribution >= 4 is 27.5 Å². The highest BCUT2D eigenvalue weighted by molar-refractivity contribution is 9.10. The van der Waals surface area contributed by atoms with Gasteiger partial charge in [-0.3, -0.25) is 0 Å². The van der Waals surface area contributed by atoms with Gasteiger partial charge in [0.1, 0.15) is 0 Å². The summed E-state index contributed by atoms with van der Waals surface area (Å²) in [6, 6.07) is 13.0. The molecule has 0 heterocycles. The molecule has 1 unspecified atom stereocenters. The lowest BCUT2D eigenvalue weighted by atomic mass is 9.96. The van der Waals surface area contributed by atoms with Crippen LogP contribution in [-0.4, -0.2) is 0 Å². The Morgan fingerprint density at radius 2 is 1.55 bits per heavy atom. The third-order valence-corrected chi connectivity index (χ3v) is 5.15. The van der Waals surface area contributed by atoms with Gasteiger partial charge in [0.2, 0.25) is 0 Å². The van der Waals surface area contributed by atoms with Gasteiger partial charge in [0.05, 0.1) is 5.38 Å². The summed E-state index contributed by atoms with van der Waals surface area (Å²) in [6.07, 6.45) is 2.13. The first-order valence-corrected chi connectivity index (χ1v) is 8.31. The van der Waals surface area contributed by atoms with E-state index < -0.39 is 0 Å². The van der Waals surface area contributed by atoms with E-state index in [2.05, 4.69) is 73.1 Å². The zero-order valence-corrected chi connectivity index (χ0v) is 14.6. The van der Waals surface area contributed by atoms with Crippen LogP contribution in [-0.2, 0) is 12.8 Å². The fraction of sp³-hybridized carbons (Fsp3) is 0.333. The quantitative estimate of drug-likeness (QED) is 0.574. The van der Waals surface area contributed by atoms with E-state index in [-0.39, 0.29) is 5.38 Å². The largest absolute Gasteiger partial charge is 0.113 e. The van der Waals surface area contributed by atoms with E-state index in [0.717, 1.165) is 22.9 Å². The average Bonchev–Trinajstić information content (AvgIpc) is 2.48. The molecule has 0 bridgehead atoms. The second-order valence-electron chi connectivity index (χ2n) is 5.11. The first-order valence-electron chi connectivity index (χ1n) is 7.08. The third kappa shape index (κ3) is 3.27. The van der Waals surface area contributed by atoms with E-state index in [0.29, 0.717) is 0 Å². The number of rotatable bonds is 4. The van der Waals surface area contributed by atoms with Crippen LogP contribution in [0, 0.1) is 6.92 Å². The Morgan fingerprint density at radius 1 is 0.950 bits per heavy atom. The van der Waals surface area contributed by atoms with Gasteiger partial charge in [0.25, 0.3) is 0 Å². The van der Waals surface area contributed by atoms with Crippen LogP contribution in [0.2, 0.25) is 0 Å². The van der Waals surface area contributed by atoms with E-state index >= 15 is 0 Å². The van der Waals surface area contributed by atoms with Crippen LogP contribution in [0.5, 0.6) is 0 Å². The van der Waals surface area contributed by atoms with Gasteiger partial charge in [-0.1, -0.05) is 60.1 Å². The zero-order valence-electron chi connectivity index (χ0n) is 12.2. The number of aryl methyl sites for hydroxylation is 3. The lowest BCUT2D eigenvalue weighted by Gasteiger charge is -2.15. The molecule has 2 heteroatoms. The summed E-state index contributed by atoms with van der Waals surface area (Å²) in [5, 5.41) is -0.0852. The van der Waals surface area contributed by atoms with Gasteiger partial charge in [0.15, 0.2) is 0 Å². The average molecular weight is 352 g/mol. The maximum absolute atomic E-state index is 6.67. The van der Waals surface area contributed by atoms with Crippen molar-refractivity contribution in [3.8, 4) is 0 Å². The molecule has 0 saturated carbocycles. The monoisotopic (exact) mass is 350 g/mol. The van der Waals surface area contributed by atoms with Crippen molar-refractivity contribution in [1.82, 2.24) is 0 Å². The predicted octanol–water partition coefficient (Wildman–Crippen LogP) is 6.21. The molecule has 20 heavy (non-hydrogen) atoms. The van der Waals surface area contributed by atoms with Crippen LogP contribution in [0.4, 0.5) is 0 Å². The molecule has 0 aromatic heterocycles. The third-order valence-electron chi connectivity index (χ3n) is 3.76. The van der Waals surface area contributed by atoms with E-state index in [1.165, 1.54) is 22.3 Å². The normalized spacial score (nSPS) is 12.4. The minimum atomic E-state index is -0.0852. The molecular formula is C18H20BrCl. The molecular weight excluding hydrogens is 332 g/mol. The Balaban J connectivity index is 2.37. The van der Waals surface area contributed by atoms with Crippen molar-refractivity contribution in [2.75, 3.05) is 0 Å². The molecule has 2 rings (SSSR count). The Hall–Kier alpha value is -0.790. The molecule has 2 aromatic rings. The standard InChI is InChI=1S/C18H20BrCl/c1-4-13-6-7-16(11-14(13)5-2)18(20)15-8-9-17(19)12(3)10-15/h6-11,18H,4-5H2,1-3H3. The van der Waals surface area contributed by atoms with Gasteiger partial charge >= 0.3 is 0 Å². The maximum atomic E-state index is 6.67. The van der Waals surface area contributed by atoms with Gasteiger partial charge in [-0.25, -0.2) is 0 Å². The summed E-state index contributed by atoms with van der Waals surface area (Å²) in [5.74, 6) is 0. The Labute approximate surface area is 135 Å². The lowest BCUT2D eigenvalue weighted by Crippen LogP contribution is -1.98. The fourth-order valence-electron chi connectivity index (χ4n) is 2.50. The number of hydrogen-bond acceptors (Lipinski definition) is 0. The highest BCUT2D eigenvalue weighted by Gasteiger charge is 2.13. The molecule has 106 valence electrons. The van der Waals surface area contributed by atoms with Gasteiger partial charge in [-0.05, 0) is 53.6 Å². The molecule has 2 aromatic carbocycles. The molecule has 0 nitrogen and oxygen atoms in total. The van der Waals surface area contributed by atoms with Crippen LogP contribution in [0.3, 0.4) is 0 Å². The van der Waals surface area contributed by atoms with Gasteiger partial charge in [-0.15, -0.1) is 11.6 Å². The van der Waals surface area contributed by atoms with Crippen LogP contribution >= 0.6 is 27.5 Å². The van der Waals surface area contributed by atoms with Crippen molar-refractivity contribution in [3.05, 3.63) is 68.7 Å². The summed E-state index contributed by atoms with van der Waals surface area (Å²) >= 11 is 10.2. The SMILES string of the molecule is CCc1ccc(C(Cl)c2ccc(Br)c(C)c2)cc1CC. The van der Waals surface area contributed by atoms with Crippen LogP contribution in [0.1, 0.15) is 47.0 Å². The number of benzene rings is 2. The molecule has 0 radical (unpaired) electrons. The maximum Gasteiger partial charge on any atom is 0.0835 e. The van der Waals surface area contributed by atoms with E-state index in [9.17, 15) is 0 Å². The molecule has 0 saturated heterocycles. The van der Waals surface area contributed by atoms with Crippen LogP contribution in [0.15, 0.2) is 40.9 Å². The molecule has 0 spiro atoms. The van der Waals surface area contributed by atoms with E-state index in [1.54, 1.807) is 0 Å². The molecule has 0 aliphatic rings. The first kappa shape index (κ1) is 15.6. The summed E-state index contributed by atoms with van der Waals surface area (Å²) < 4.78 is 1.13. The smallest absolute Gasteiger partial charge is 0.0835 e. The molecule has 0 fully saturated rings.